The lowest BCUT2D eigenvalue weighted by molar-refractivity contribution is -0.121. The molecule has 0 radical (unpaired) electrons. The molecule has 1 aliphatic carbocycles. The zero-order chi connectivity index (χ0) is 21.3. The number of amidine groups is 1. The number of nitrogens with zero attached hydrogens (tertiary/aromatic N) is 4. The minimum atomic E-state index is -1.11. The number of aliphatic imine (C=N–C) groups is 1. The van der Waals surface area contributed by atoms with Gasteiger partial charge in [-0.25, -0.2) is 9.62 Å². The van der Waals surface area contributed by atoms with Gasteiger partial charge in [-0.2, -0.15) is 0 Å². The van der Waals surface area contributed by atoms with Crippen molar-refractivity contribution in [1.82, 2.24) is 20.5 Å². The summed E-state index contributed by atoms with van der Waals surface area (Å²) in [6.45, 7) is 4.52. The molecular formula is C22H26N6O3. The second-order valence-electron chi connectivity index (χ2n) is 8.07. The maximum Gasteiger partial charge on any atom is 0.219 e. The van der Waals surface area contributed by atoms with Crippen molar-refractivity contribution in [2.75, 3.05) is 31.6 Å². The largest absolute Gasteiger partial charge is 0.378 e. The molecule has 2 unspecified atom stereocenters. The van der Waals surface area contributed by atoms with E-state index in [1.165, 1.54) is 12.6 Å². The molecule has 0 spiro atoms. The molecule has 3 aliphatic rings. The number of benzene rings is 1. The number of rotatable bonds is 4. The third-order valence-electron chi connectivity index (χ3n) is 6.08. The Morgan fingerprint density at radius 1 is 1.23 bits per heavy atom. The number of ether oxygens (including phenoxy) is 1. The Morgan fingerprint density at radius 2 is 2.03 bits per heavy atom. The lowest BCUT2D eigenvalue weighted by Crippen LogP contribution is -2.55. The summed E-state index contributed by atoms with van der Waals surface area (Å²) >= 11 is 0. The number of carbonyl (C=O) groups excluding carboxylic acids is 1. The summed E-state index contributed by atoms with van der Waals surface area (Å²) in [5, 5.41) is 14.7. The number of fused-ring (bicyclic) bond motifs is 1. The first-order valence-corrected chi connectivity index (χ1v) is 10.7. The molecule has 0 saturated carbocycles. The molecule has 1 saturated heterocycles. The van der Waals surface area contributed by atoms with Crippen molar-refractivity contribution in [2.24, 2.45) is 10.9 Å². The number of nitrogens with one attached hydrogen (secondary N) is 2. The van der Waals surface area contributed by atoms with Gasteiger partial charge in [0.25, 0.3) is 0 Å². The Hall–Kier alpha value is -3.20. The van der Waals surface area contributed by atoms with Crippen molar-refractivity contribution >= 4 is 17.6 Å². The number of anilines is 1. The first-order valence-electron chi connectivity index (χ1n) is 10.7. The molecule has 31 heavy (non-hydrogen) atoms. The van der Waals surface area contributed by atoms with E-state index in [0.29, 0.717) is 30.6 Å². The third-order valence-corrected chi connectivity index (χ3v) is 6.08. The number of hydrogen-bond acceptors (Lipinski definition) is 8. The Labute approximate surface area is 180 Å². The lowest BCUT2D eigenvalue weighted by atomic mass is 9.78. The Balaban J connectivity index is 1.66. The molecule has 2 aliphatic heterocycles. The molecule has 1 fully saturated rings. The molecule has 1 aromatic carbocycles. The van der Waals surface area contributed by atoms with Crippen LogP contribution in [0, 0.1) is 5.92 Å². The molecule has 3 heterocycles. The fraction of sp³-hybridized carbons (Fsp3) is 0.455. The Morgan fingerprint density at radius 3 is 2.81 bits per heavy atom. The van der Waals surface area contributed by atoms with Gasteiger partial charge in [0.15, 0.2) is 11.4 Å². The quantitative estimate of drug-likeness (QED) is 0.779. The van der Waals surface area contributed by atoms with Crippen LogP contribution in [-0.2, 0) is 15.2 Å². The topological polar surface area (TPSA) is 105 Å². The number of allylic oxidation sites excluding steroid dienone is 1. The summed E-state index contributed by atoms with van der Waals surface area (Å²) in [6.07, 6.45) is 5.14. The average Bonchev–Trinajstić information content (AvgIpc) is 3.29. The SMILES string of the molecule is CC(=O)NC1(C2CCCC=C2N2CCOCC2)N=C(c2ccccc2)Nc2nonc21. The second-order valence-corrected chi connectivity index (χ2v) is 8.07. The fourth-order valence-corrected chi connectivity index (χ4v) is 4.76. The minimum absolute atomic E-state index is 0.102. The van der Waals surface area contributed by atoms with Crippen molar-refractivity contribution in [2.45, 2.75) is 31.8 Å². The highest BCUT2D eigenvalue weighted by molar-refractivity contribution is 6.09. The van der Waals surface area contributed by atoms with Crippen LogP contribution in [0.4, 0.5) is 5.82 Å². The van der Waals surface area contributed by atoms with Gasteiger partial charge in [-0.15, -0.1) is 0 Å². The van der Waals surface area contributed by atoms with Gasteiger partial charge in [0.1, 0.15) is 5.84 Å². The minimum Gasteiger partial charge on any atom is -0.378 e. The molecule has 1 amide bonds. The molecular weight excluding hydrogens is 396 g/mol. The van der Waals surface area contributed by atoms with E-state index in [0.717, 1.165) is 37.9 Å². The number of amides is 1. The zero-order valence-electron chi connectivity index (χ0n) is 17.5. The molecule has 9 nitrogen and oxygen atoms in total. The van der Waals surface area contributed by atoms with Gasteiger partial charge in [-0.05, 0) is 29.6 Å². The predicted octanol–water partition coefficient (Wildman–Crippen LogP) is 2.25. The zero-order valence-corrected chi connectivity index (χ0v) is 17.5. The molecule has 2 atom stereocenters. The summed E-state index contributed by atoms with van der Waals surface area (Å²) in [6, 6.07) is 9.81. The summed E-state index contributed by atoms with van der Waals surface area (Å²) in [5.41, 5.74) is 1.48. The van der Waals surface area contributed by atoms with Crippen LogP contribution in [0.5, 0.6) is 0 Å². The number of morpholine rings is 1. The molecule has 2 aromatic rings. The van der Waals surface area contributed by atoms with Crippen LogP contribution in [0.1, 0.15) is 37.4 Å². The third kappa shape index (κ3) is 3.59. The van der Waals surface area contributed by atoms with Gasteiger partial charge >= 0.3 is 0 Å². The van der Waals surface area contributed by atoms with Crippen molar-refractivity contribution in [3.63, 3.8) is 0 Å². The lowest BCUT2D eigenvalue weighted by Gasteiger charge is -2.45. The van der Waals surface area contributed by atoms with Gasteiger partial charge in [0.05, 0.1) is 13.2 Å². The van der Waals surface area contributed by atoms with Gasteiger partial charge < -0.3 is 20.3 Å². The monoisotopic (exact) mass is 422 g/mol. The summed E-state index contributed by atoms with van der Waals surface area (Å²) in [7, 11) is 0. The van der Waals surface area contributed by atoms with E-state index in [1.54, 1.807) is 0 Å². The predicted molar refractivity (Wildman–Crippen MR) is 114 cm³/mol. The highest BCUT2D eigenvalue weighted by atomic mass is 16.6. The molecule has 162 valence electrons. The van der Waals surface area contributed by atoms with Crippen LogP contribution in [0.2, 0.25) is 0 Å². The summed E-state index contributed by atoms with van der Waals surface area (Å²) in [5.74, 6) is 0.826. The molecule has 9 heteroatoms. The van der Waals surface area contributed by atoms with Gasteiger partial charge in [0.2, 0.25) is 11.7 Å². The second kappa shape index (κ2) is 8.14. The fourth-order valence-electron chi connectivity index (χ4n) is 4.76. The standard InChI is InChI=1S/C22H26N6O3/c1-15(29)24-22(17-9-5-6-10-18(17)28-11-13-30-14-12-28)19-21(27-31-26-19)23-20(25-22)16-7-3-2-4-8-16/h2-4,7-8,10,17H,5-6,9,11-14H2,1H3,(H,24,29)(H,23,25,27). The number of carbonyl (C=O) groups is 1. The Kier molecular flexibility index (Phi) is 5.19. The van der Waals surface area contributed by atoms with E-state index in [9.17, 15) is 4.79 Å². The van der Waals surface area contributed by atoms with E-state index in [4.69, 9.17) is 14.4 Å². The maximum atomic E-state index is 12.5. The van der Waals surface area contributed by atoms with Gasteiger partial charge in [-0.3, -0.25) is 4.79 Å². The van der Waals surface area contributed by atoms with Crippen molar-refractivity contribution < 1.29 is 14.2 Å². The molecule has 0 bridgehead atoms. The summed E-state index contributed by atoms with van der Waals surface area (Å²) in [4.78, 5) is 20.0. The van der Waals surface area contributed by atoms with E-state index in [1.807, 2.05) is 30.3 Å². The molecule has 1 aromatic heterocycles. The van der Waals surface area contributed by atoms with Crippen LogP contribution < -0.4 is 10.6 Å². The van der Waals surface area contributed by atoms with Gasteiger partial charge in [0, 0.05) is 37.2 Å². The van der Waals surface area contributed by atoms with Crippen molar-refractivity contribution in [1.29, 1.82) is 0 Å². The first-order chi connectivity index (χ1) is 15.2. The Bertz CT molecular complexity index is 1010. The number of aromatic nitrogens is 2. The van der Waals surface area contributed by atoms with E-state index >= 15 is 0 Å². The van der Waals surface area contributed by atoms with Gasteiger partial charge in [-0.1, -0.05) is 36.4 Å². The van der Waals surface area contributed by atoms with Crippen molar-refractivity contribution in [3.8, 4) is 0 Å². The van der Waals surface area contributed by atoms with E-state index in [2.05, 4.69) is 31.9 Å². The van der Waals surface area contributed by atoms with Crippen LogP contribution in [0.15, 0.2) is 51.7 Å². The smallest absolute Gasteiger partial charge is 0.219 e. The van der Waals surface area contributed by atoms with E-state index in [-0.39, 0.29) is 11.8 Å². The average molecular weight is 422 g/mol. The molecule has 2 N–H and O–H groups in total. The number of hydrogen-bond donors (Lipinski definition) is 2. The van der Waals surface area contributed by atoms with Crippen LogP contribution in [0.25, 0.3) is 0 Å². The van der Waals surface area contributed by atoms with Crippen LogP contribution in [-0.4, -0.2) is 53.3 Å². The first kappa shape index (κ1) is 19.7. The normalized spacial score (nSPS) is 25.7. The van der Waals surface area contributed by atoms with Crippen molar-refractivity contribution in [3.05, 3.63) is 53.4 Å². The van der Waals surface area contributed by atoms with E-state index < -0.39 is 5.66 Å². The summed E-state index contributed by atoms with van der Waals surface area (Å²) < 4.78 is 10.7. The van der Waals surface area contributed by atoms with Crippen LogP contribution >= 0.6 is 0 Å². The maximum absolute atomic E-state index is 12.5. The molecule has 5 rings (SSSR count). The van der Waals surface area contributed by atoms with Crippen LogP contribution in [0.3, 0.4) is 0 Å². The highest BCUT2D eigenvalue weighted by Gasteiger charge is 2.51. The highest BCUT2D eigenvalue weighted by Crippen LogP contribution is 2.46.